The molecule has 2 N–H and O–H groups in total. The van der Waals surface area contributed by atoms with Crippen LogP contribution in [0.5, 0.6) is 0 Å². The molecule has 0 spiro atoms. The van der Waals surface area contributed by atoms with E-state index in [0.29, 0.717) is 6.54 Å². The minimum Gasteiger partial charge on any atom is -0.373 e. The summed E-state index contributed by atoms with van der Waals surface area (Å²) in [6.45, 7) is 3.85. The number of hydrogen-bond donors (Lipinski definition) is 1. The van der Waals surface area contributed by atoms with E-state index in [4.69, 9.17) is 5.73 Å². The summed E-state index contributed by atoms with van der Waals surface area (Å²) in [5.74, 6) is 0.719. The van der Waals surface area contributed by atoms with E-state index >= 15 is 0 Å². The van der Waals surface area contributed by atoms with Crippen molar-refractivity contribution in [2.24, 2.45) is 11.7 Å². The van der Waals surface area contributed by atoms with Crippen molar-refractivity contribution in [3.63, 3.8) is 0 Å². The monoisotopic (exact) mass is 272 g/mol. The van der Waals surface area contributed by atoms with Gasteiger partial charge in [-0.25, -0.2) is 0 Å². The standard InChI is InChI=1S/C16H24N4/c1-19-7-5-13(6-8-19)12-20(2)16-4-3-14(10-17)9-15(16)11-18/h3-4,9,13H,5-8,10,12,17H2,1-2H3. The molecular formula is C16H24N4. The number of hydrogen-bond acceptors (Lipinski definition) is 4. The lowest BCUT2D eigenvalue weighted by Crippen LogP contribution is -2.35. The van der Waals surface area contributed by atoms with Crippen molar-refractivity contribution in [1.29, 1.82) is 5.26 Å². The van der Waals surface area contributed by atoms with Gasteiger partial charge in [-0.15, -0.1) is 0 Å². The highest BCUT2D eigenvalue weighted by atomic mass is 15.1. The number of nitriles is 1. The van der Waals surface area contributed by atoms with E-state index in [1.807, 2.05) is 18.2 Å². The Kier molecular flexibility index (Phi) is 4.99. The minimum atomic E-state index is 0.480. The zero-order chi connectivity index (χ0) is 14.5. The smallest absolute Gasteiger partial charge is 0.101 e. The molecule has 1 saturated heterocycles. The van der Waals surface area contributed by atoms with Crippen molar-refractivity contribution in [1.82, 2.24) is 4.90 Å². The van der Waals surface area contributed by atoms with E-state index in [1.165, 1.54) is 25.9 Å². The van der Waals surface area contributed by atoms with Crippen molar-refractivity contribution < 1.29 is 0 Å². The van der Waals surface area contributed by atoms with Gasteiger partial charge in [0.1, 0.15) is 6.07 Å². The lowest BCUT2D eigenvalue weighted by Gasteiger charge is -2.32. The predicted octanol–water partition coefficient (Wildman–Crippen LogP) is 1.79. The van der Waals surface area contributed by atoms with Crippen LogP contribution in [0.25, 0.3) is 0 Å². The van der Waals surface area contributed by atoms with Crippen molar-refractivity contribution in [3.8, 4) is 6.07 Å². The van der Waals surface area contributed by atoms with Gasteiger partial charge in [0.2, 0.25) is 0 Å². The molecule has 0 saturated carbocycles. The summed E-state index contributed by atoms with van der Waals surface area (Å²) in [6.07, 6.45) is 2.48. The SMILES string of the molecule is CN1CCC(CN(C)c2ccc(CN)cc2C#N)CC1. The molecule has 1 aliphatic heterocycles. The van der Waals surface area contributed by atoms with E-state index in [1.54, 1.807) is 0 Å². The van der Waals surface area contributed by atoms with Gasteiger partial charge in [0, 0.05) is 20.1 Å². The van der Waals surface area contributed by atoms with Crippen molar-refractivity contribution in [2.45, 2.75) is 19.4 Å². The number of anilines is 1. The molecule has 4 heteroatoms. The third kappa shape index (κ3) is 3.50. The van der Waals surface area contributed by atoms with Crippen LogP contribution in [0.1, 0.15) is 24.0 Å². The van der Waals surface area contributed by atoms with Crippen LogP contribution in [0.2, 0.25) is 0 Å². The number of likely N-dealkylation sites (tertiary alicyclic amines) is 1. The lowest BCUT2D eigenvalue weighted by molar-refractivity contribution is 0.222. The Morgan fingerprint density at radius 3 is 2.70 bits per heavy atom. The van der Waals surface area contributed by atoms with Crippen LogP contribution < -0.4 is 10.6 Å². The average Bonchev–Trinajstić information content (AvgIpc) is 2.48. The van der Waals surface area contributed by atoms with E-state index in [0.717, 1.165) is 29.3 Å². The molecule has 20 heavy (non-hydrogen) atoms. The lowest BCUT2D eigenvalue weighted by atomic mass is 9.96. The van der Waals surface area contributed by atoms with Gasteiger partial charge in [0.05, 0.1) is 11.3 Å². The summed E-state index contributed by atoms with van der Waals surface area (Å²) < 4.78 is 0. The summed E-state index contributed by atoms with van der Waals surface area (Å²) in [7, 11) is 4.26. The molecule has 1 heterocycles. The molecule has 1 aliphatic rings. The van der Waals surface area contributed by atoms with Crippen LogP contribution in [-0.4, -0.2) is 38.6 Å². The second-order valence-electron chi connectivity index (χ2n) is 5.79. The highest BCUT2D eigenvalue weighted by Gasteiger charge is 2.19. The van der Waals surface area contributed by atoms with Gasteiger partial charge in [-0.2, -0.15) is 5.26 Å². The third-order valence-corrected chi connectivity index (χ3v) is 4.20. The van der Waals surface area contributed by atoms with Gasteiger partial charge in [-0.1, -0.05) is 6.07 Å². The van der Waals surface area contributed by atoms with Crippen LogP contribution in [0, 0.1) is 17.2 Å². The Bertz CT molecular complexity index is 484. The number of rotatable bonds is 4. The molecule has 1 aromatic carbocycles. The van der Waals surface area contributed by atoms with Gasteiger partial charge in [0.15, 0.2) is 0 Å². The topological polar surface area (TPSA) is 56.3 Å². The highest BCUT2D eigenvalue weighted by Crippen LogP contribution is 2.24. The Morgan fingerprint density at radius 2 is 2.10 bits per heavy atom. The summed E-state index contributed by atoms with van der Waals surface area (Å²) in [5, 5.41) is 9.30. The van der Waals surface area contributed by atoms with Gasteiger partial charge >= 0.3 is 0 Å². The van der Waals surface area contributed by atoms with E-state index in [9.17, 15) is 5.26 Å². The maximum atomic E-state index is 9.30. The highest BCUT2D eigenvalue weighted by molar-refractivity contribution is 5.60. The molecule has 0 aliphatic carbocycles. The molecule has 2 rings (SSSR count). The zero-order valence-corrected chi connectivity index (χ0v) is 12.5. The molecule has 1 fully saturated rings. The Balaban J connectivity index is 2.05. The molecule has 108 valence electrons. The van der Waals surface area contributed by atoms with Crippen LogP contribution in [-0.2, 0) is 6.54 Å². The van der Waals surface area contributed by atoms with Crippen LogP contribution in [0.15, 0.2) is 18.2 Å². The number of piperidine rings is 1. The predicted molar refractivity (Wildman–Crippen MR) is 82.5 cm³/mol. The maximum Gasteiger partial charge on any atom is 0.101 e. The quantitative estimate of drug-likeness (QED) is 0.908. The van der Waals surface area contributed by atoms with E-state index < -0.39 is 0 Å². The first-order chi connectivity index (χ1) is 9.63. The maximum absolute atomic E-state index is 9.30. The minimum absolute atomic E-state index is 0.480. The Hall–Kier alpha value is -1.57. The molecule has 0 atom stereocenters. The normalized spacial score (nSPS) is 16.9. The van der Waals surface area contributed by atoms with Crippen LogP contribution >= 0.6 is 0 Å². The molecular weight excluding hydrogens is 248 g/mol. The molecule has 0 amide bonds. The fourth-order valence-electron chi connectivity index (χ4n) is 2.86. The first kappa shape index (κ1) is 14.8. The third-order valence-electron chi connectivity index (χ3n) is 4.20. The molecule has 0 aromatic heterocycles. The molecule has 0 unspecified atom stereocenters. The van der Waals surface area contributed by atoms with Crippen LogP contribution in [0.4, 0.5) is 5.69 Å². The summed E-state index contributed by atoms with van der Waals surface area (Å²) in [6, 6.07) is 8.23. The fraction of sp³-hybridized carbons (Fsp3) is 0.562. The molecule has 1 aromatic rings. The van der Waals surface area contributed by atoms with E-state index in [2.05, 4.69) is 30.0 Å². The van der Waals surface area contributed by atoms with Gasteiger partial charge in [-0.3, -0.25) is 0 Å². The largest absolute Gasteiger partial charge is 0.373 e. The zero-order valence-electron chi connectivity index (χ0n) is 12.5. The Labute approximate surface area is 121 Å². The molecule has 0 bridgehead atoms. The Morgan fingerprint density at radius 1 is 1.40 bits per heavy atom. The first-order valence-electron chi connectivity index (χ1n) is 7.26. The molecule has 0 radical (unpaired) electrons. The number of nitrogens with two attached hydrogens (primary N) is 1. The van der Waals surface area contributed by atoms with Gasteiger partial charge in [-0.05, 0) is 56.6 Å². The first-order valence-corrected chi connectivity index (χ1v) is 7.26. The summed E-state index contributed by atoms with van der Waals surface area (Å²) in [5.41, 5.74) is 8.39. The molecule has 4 nitrogen and oxygen atoms in total. The van der Waals surface area contributed by atoms with Crippen LogP contribution in [0.3, 0.4) is 0 Å². The van der Waals surface area contributed by atoms with Crippen molar-refractivity contribution >= 4 is 5.69 Å². The average molecular weight is 272 g/mol. The fourth-order valence-corrected chi connectivity index (χ4v) is 2.86. The van der Waals surface area contributed by atoms with Crippen molar-refractivity contribution in [2.75, 3.05) is 38.6 Å². The summed E-state index contributed by atoms with van der Waals surface area (Å²) in [4.78, 5) is 4.60. The van der Waals surface area contributed by atoms with Gasteiger partial charge in [0.25, 0.3) is 0 Å². The second kappa shape index (κ2) is 6.74. The summed E-state index contributed by atoms with van der Waals surface area (Å²) >= 11 is 0. The number of nitrogens with zero attached hydrogens (tertiary/aromatic N) is 3. The van der Waals surface area contributed by atoms with E-state index in [-0.39, 0.29) is 0 Å². The van der Waals surface area contributed by atoms with Gasteiger partial charge < -0.3 is 15.5 Å². The second-order valence-corrected chi connectivity index (χ2v) is 5.79. The van der Waals surface area contributed by atoms with Crippen molar-refractivity contribution in [3.05, 3.63) is 29.3 Å². The number of benzene rings is 1.